The lowest BCUT2D eigenvalue weighted by Gasteiger charge is -2.41. The van der Waals surface area contributed by atoms with Gasteiger partial charge in [0.25, 0.3) is 0 Å². The molecule has 2 aliphatic carbocycles. The first-order valence-corrected chi connectivity index (χ1v) is 9.64. The van der Waals surface area contributed by atoms with Gasteiger partial charge in [0, 0.05) is 25.7 Å². The summed E-state index contributed by atoms with van der Waals surface area (Å²) in [5.41, 5.74) is 0. The van der Waals surface area contributed by atoms with Crippen molar-refractivity contribution in [2.24, 2.45) is 23.7 Å². The van der Waals surface area contributed by atoms with Gasteiger partial charge in [-0.05, 0) is 62.3 Å². The van der Waals surface area contributed by atoms with Crippen molar-refractivity contribution in [3.05, 3.63) is 0 Å². The summed E-state index contributed by atoms with van der Waals surface area (Å²) in [6, 6.07) is 0.765. The van der Waals surface area contributed by atoms with E-state index in [1.54, 1.807) is 0 Å². The van der Waals surface area contributed by atoms with E-state index in [2.05, 4.69) is 24.1 Å². The van der Waals surface area contributed by atoms with Gasteiger partial charge in [0.15, 0.2) is 0 Å². The maximum atomic E-state index is 3.87. The molecule has 2 atom stereocenters. The van der Waals surface area contributed by atoms with Crippen molar-refractivity contribution in [3.8, 4) is 0 Å². The zero-order valence-corrected chi connectivity index (χ0v) is 14.3. The fourth-order valence-electron chi connectivity index (χ4n) is 4.21. The van der Waals surface area contributed by atoms with Gasteiger partial charge in [-0.2, -0.15) is 0 Å². The van der Waals surface area contributed by atoms with Gasteiger partial charge in [-0.15, -0.1) is 0 Å². The highest BCUT2D eigenvalue weighted by atomic mass is 15.2. The molecule has 2 unspecified atom stereocenters. The Balaban J connectivity index is 1.46. The first kappa shape index (κ1) is 15.8. The van der Waals surface area contributed by atoms with E-state index in [1.807, 2.05) is 0 Å². The highest BCUT2D eigenvalue weighted by molar-refractivity contribution is 4.88. The summed E-state index contributed by atoms with van der Waals surface area (Å²) >= 11 is 0. The highest BCUT2D eigenvalue weighted by Crippen LogP contribution is 2.38. The van der Waals surface area contributed by atoms with E-state index in [0.717, 1.165) is 29.7 Å². The fourth-order valence-corrected chi connectivity index (χ4v) is 4.21. The van der Waals surface area contributed by atoms with Crippen LogP contribution >= 0.6 is 0 Å². The summed E-state index contributed by atoms with van der Waals surface area (Å²) in [6.45, 7) is 9.99. The molecule has 3 rings (SSSR count). The minimum absolute atomic E-state index is 0.765. The Labute approximate surface area is 132 Å². The highest BCUT2D eigenvalue weighted by Gasteiger charge is 2.33. The van der Waals surface area contributed by atoms with Crippen LogP contribution in [-0.2, 0) is 0 Å². The van der Waals surface area contributed by atoms with E-state index in [4.69, 9.17) is 0 Å². The van der Waals surface area contributed by atoms with E-state index < -0.39 is 0 Å². The molecule has 1 aliphatic heterocycles. The standard InChI is InChI=1S/C19H36N2/c1-15(2)8-9-20-19-11-18(10-16-6-7-16)13-21(14-19)12-17-4-3-5-17/h15-20H,3-14H2,1-2H3. The normalized spacial score (nSPS) is 31.6. The van der Waals surface area contributed by atoms with Crippen molar-refractivity contribution in [3.63, 3.8) is 0 Å². The van der Waals surface area contributed by atoms with Crippen molar-refractivity contribution in [1.29, 1.82) is 0 Å². The number of nitrogens with one attached hydrogen (secondary N) is 1. The van der Waals surface area contributed by atoms with Crippen molar-refractivity contribution >= 4 is 0 Å². The molecule has 0 radical (unpaired) electrons. The molecular weight excluding hydrogens is 256 g/mol. The minimum atomic E-state index is 0.765. The molecule has 2 heteroatoms. The first-order chi connectivity index (χ1) is 10.2. The molecule has 0 amide bonds. The Bertz CT molecular complexity index is 307. The number of nitrogens with zero attached hydrogens (tertiary/aromatic N) is 1. The minimum Gasteiger partial charge on any atom is -0.313 e. The number of hydrogen-bond donors (Lipinski definition) is 1. The average molecular weight is 293 g/mol. The molecule has 3 aliphatic rings. The van der Waals surface area contributed by atoms with Crippen LogP contribution in [0.25, 0.3) is 0 Å². The Kier molecular flexibility index (Phi) is 5.61. The third kappa shape index (κ3) is 5.25. The predicted octanol–water partition coefficient (Wildman–Crippen LogP) is 3.91. The Hall–Kier alpha value is -0.0800. The molecule has 2 nitrogen and oxygen atoms in total. The molecule has 3 fully saturated rings. The second-order valence-electron chi connectivity index (χ2n) is 8.63. The van der Waals surface area contributed by atoms with Gasteiger partial charge in [0.05, 0.1) is 0 Å². The third-order valence-corrected chi connectivity index (χ3v) is 5.87. The predicted molar refractivity (Wildman–Crippen MR) is 90.5 cm³/mol. The molecule has 0 aromatic rings. The zero-order chi connectivity index (χ0) is 14.7. The Morgan fingerprint density at radius 3 is 2.43 bits per heavy atom. The maximum Gasteiger partial charge on any atom is 0.0198 e. The van der Waals surface area contributed by atoms with Crippen LogP contribution in [0.1, 0.15) is 65.2 Å². The molecule has 2 saturated carbocycles. The van der Waals surface area contributed by atoms with E-state index in [0.29, 0.717) is 0 Å². The number of rotatable bonds is 8. The van der Waals surface area contributed by atoms with Crippen molar-refractivity contribution in [2.75, 3.05) is 26.2 Å². The average Bonchev–Trinajstić information content (AvgIpc) is 3.17. The SMILES string of the molecule is CC(C)CCNC1CC(CC2CC2)CN(CC2CCC2)C1. The van der Waals surface area contributed by atoms with Crippen LogP contribution in [0.4, 0.5) is 0 Å². The molecular formula is C19H36N2. The molecule has 0 bridgehead atoms. The van der Waals surface area contributed by atoms with Crippen LogP contribution in [0.2, 0.25) is 0 Å². The molecule has 1 saturated heterocycles. The van der Waals surface area contributed by atoms with Gasteiger partial charge >= 0.3 is 0 Å². The molecule has 21 heavy (non-hydrogen) atoms. The lowest BCUT2D eigenvalue weighted by atomic mass is 9.83. The van der Waals surface area contributed by atoms with Gasteiger partial charge in [0.2, 0.25) is 0 Å². The quantitative estimate of drug-likeness (QED) is 0.729. The summed E-state index contributed by atoms with van der Waals surface area (Å²) in [4.78, 5) is 2.81. The largest absolute Gasteiger partial charge is 0.313 e. The Morgan fingerprint density at radius 2 is 1.81 bits per heavy atom. The summed E-state index contributed by atoms with van der Waals surface area (Å²) in [5.74, 6) is 3.92. The number of hydrogen-bond acceptors (Lipinski definition) is 2. The van der Waals surface area contributed by atoms with Gasteiger partial charge in [-0.1, -0.05) is 33.1 Å². The Morgan fingerprint density at radius 1 is 1.00 bits per heavy atom. The van der Waals surface area contributed by atoms with Crippen LogP contribution in [0, 0.1) is 23.7 Å². The summed E-state index contributed by atoms with van der Waals surface area (Å²) < 4.78 is 0. The van der Waals surface area contributed by atoms with E-state index in [1.165, 1.54) is 77.5 Å². The summed E-state index contributed by atoms with van der Waals surface area (Å²) in [5, 5.41) is 3.87. The van der Waals surface area contributed by atoms with Crippen molar-refractivity contribution < 1.29 is 0 Å². The third-order valence-electron chi connectivity index (χ3n) is 5.87. The van der Waals surface area contributed by atoms with Gasteiger partial charge in [-0.3, -0.25) is 0 Å². The summed E-state index contributed by atoms with van der Waals surface area (Å²) in [7, 11) is 0. The number of piperidine rings is 1. The second kappa shape index (κ2) is 7.46. The van der Waals surface area contributed by atoms with Crippen LogP contribution in [-0.4, -0.2) is 37.1 Å². The summed E-state index contributed by atoms with van der Waals surface area (Å²) in [6.07, 6.45) is 11.8. The van der Waals surface area contributed by atoms with Crippen LogP contribution < -0.4 is 5.32 Å². The lowest BCUT2D eigenvalue weighted by molar-refractivity contribution is 0.0962. The van der Waals surface area contributed by atoms with Crippen molar-refractivity contribution in [2.45, 2.75) is 71.3 Å². The zero-order valence-electron chi connectivity index (χ0n) is 14.3. The van der Waals surface area contributed by atoms with Crippen LogP contribution in [0.5, 0.6) is 0 Å². The molecule has 0 spiro atoms. The van der Waals surface area contributed by atoms with Gasteiger partial charge in [-0.25, -0.2) is 0 Å². The molecule has 1 N–H and O–H groups in total. The smallest absolute Gasteiger partial charge is 0.0198 e. The second-order valence-corrected chi connectivity index (χ2v) is 8.63. The van der Waals surface area contributed by atoms with E-state index in [9.17, 15) is 0 Å². The van der Waals surface area contributed by atoms with E-state index >= 15 is 0 Å². The van der Waals surface area contributed by atoms with E-state index in [-0.39, 0.29) is 0 Å². The van der Waals surface area contributed by atoms with Gasteiger partial charge in [0.1, 0.15) is 0 Å². The number of likely N-dealkylation sites (tertiary alicyclic amines) is 1. The monoisotopic (exact) mass is 292 g/mol. The van der Waals surface area contributed by atoms with Gasteiger partial charge < -0.3 is 10.2 Å². The lowest BCUT2D eigenvalue weighted by Crippen LogP contribution is -2.51. The molecule has 122 valence electrons. The fraction of sp³-hybridized carbons (Fsp3) is 1.00. The van der Waals surface area contributed by atoms with Crippen molar-refractivity contribution in [1.82, 2.24) is 10.2 Å². The molecule has 0 aromatic heterocycles. The van der Waals surface area contributed by atoms with Crippen LogP contribution in [0.3, 0.4) is 0 Å². The first-order valence-electron chi connectivity index (χ1n) is 9.64. The molecule has 0 aromatic carbocycles. The maximum absolute atomic E-state index is 3.87. The molecule has 1 heterocycles. The topological polar surface area (TPSA) is 15.3 Å². The van der Waals surface area contributed by atoms with Crippen LogP contribution in [0.15, 0.2) is 0 Å².